The van der Waals surface area contributed by atoms with Crippen molar-refractivity contribution < 1.29 is 31.9 Å². The molecule has 2 aliphatic heterocycles. The minimum atomic E-state index is -4.47. The number of halogens is 3. The van der Waals surface area contributed by atoms with Crippen molar-refractivity contribution in [3.63, 3.8) is 0 Å². The van der Waals surface area contributed by atoms with Crippen LogP contribution >= 0.6 is 0 Å². The molecule has 0 radical (unpaired) electrons. The third kappa shape index (κ3) is 2.98. The van der Waals surface area contributed by atoms with Crippen LogP contribution in [-0.2, 0) is 20.5 Å². The van der Waals surface area contributed by atoms with Crippen LogP contribution in [0.1, 0.15) is 37.5 Å². The summed E-state index contributed by atoms with van der Waals surface area (Å²) in [5, 5.41) is 2.69. The summed E-state index contributed by atoms with van der Waals surface area (Å²) >= 11 is 0. The zero-order valence-electron chi connectivity index (χ0n) is 15.0. The second-order valence-corrected chi connectivity index (χ2v) is 7.27. The topological polar surface area (TPSA) is 68.5 Å². The Bertz CT molecular complexity index is 1020. The van der Waals surface area contributed by atoms with Crippen molar-refractivity contribution in [1.29, 1.82) is 0 Å². The third-order valence-corrected chi connectivity index (χ3v) is 4.89. The van der Waals surface area contributed by atoms with Gasteiger partial charge >= 0.3 is 12.1 Å². The first-order valence-corrected chi connectivity index (χ1v) is 8.61. The fraction of sp³-hybridized carbons (Fsp3) is 0.300. The van der Waals surface area contributed by atoms with Crippen molar-refractivity contribution in [1.82, 2.24) is 5.32 Å². The maximum Gasteiger partial charge on any atom is 0.416 e. The molecule has 2 aromatic rings. The zero-order valence-corrected chi connectivity index (χ0v) is 15.0. The van der Waals surface area contributed by atoms with Crippen molar-refractivity contribution >= 4 is 11.9 Å². The average Bonchev–Trinajstić information content (AvgIpc) is 3.17. The van der Waals surface area contributed by atoms with Crippen molar-refractivity contribution in [2.45, 2.75) is 38.0 Å². The van der Waals surface area contributed by atoms with Gasteiger partial charge in [-0.3, -0.25) is 4.79 Å². The Morgan fingerprint density at radius 1 is 1.14 bits per heavy atom. The largest absolute Gasteiger partial charge is 0.460 e. The molecule has 5 nitrogen and oxygen atoms in total. The molecule has 0 aliphatic carbocycles. The van der Waals surface area contributed by atoms with E-state index in [-0.39, 0.29) is 23.7 Å². The van der Waals surface area contributed by atoms with E-state index in [0.717, 1.165) is 12.1 Å². The summed E-state index contributed by atoms with van der Waals surface area (Å²) in [6.45, 7) is 3.35. The maximum absolute atomic E-state index is 13.0. The van der Waals surface area contributed by atoms with Gasteiger partial charge in [-0.05, 0) is 38.1 Å². The van der Waals surface area contributed by atoms with Crippen LogP contribution in [0.4, 0.5) is 13.2 Å². The molecule has 0 saturated heterocycles. The number of nitrogens with one attached hydrogen (secondary N) is 1. The number of carbonyl (C=O) groups is 2. The molecule has 0 fully saturated rings. The van der Waals surface area contributed by atoms with E-state index in [4.69, 9.17) is 9.15 Å². The van der Waals surface area contributed by atoms with E-state index in [9.17, 15) is 22.8 Å². The predicted molar refractivity (Wildman–Crippen MR) is 91.8 cm³/mol. The van der Waals surface area contributed by atoms with Gasteiger partial charge in [0.25, 0.3) is 0 Å². The zero-order chi connectivity index (χ0) is 20.3. The van der Waals surface area contributed by atoms with E-state index in [0.29, 0.717) is 17.0 Å². The molecule has 1 aromatic heterocycles. The number of benzene rings is 1. The summed E-state index contributed by atoms with van der Waals surface area (Å²) in [6.07, 6.45) is -4.48. The van der Waals surface area contributed by atoms with Gasteiger partial charge in [-0.15, -0.1) is 0 Å². The molecule has 1 aromatic carbocycles. The van der Waals surface area contributed by atoms with Crippen LogP contribution in [0.5, 0.6) is 0 Å². The number of hydrogen-bond donors (Lipinski definition) is 1. The number of alkyl halides is 3. The van der Waals surface area contributed by atoms with Gasteiger partial charge in [-0.25, -0.2) is 4.79 Å². The van der Waals surface area contributed by atoms with E-state index in [1.54, 1.807) is 19.9 Å². The van der Waals surface area contributed by atoms with Crippen molar-refractivity contribution in [3.05, 3.63) is 59.0 Å². The molecular weight excluding hydrogens is 375 g/mol. The molecule has 1 unspecified atom stereocenters. The predicted octanol–water partition coefficient (Wildman–Crippen LogP) is 4.16. The lowest BCUT2D eigenvalue weighted by Gasteiger charge is -2.26. The number of rotatable bonds is 2. The number of hydrogen-bond acceptors (Lipinski definition) is 4. The first-order chi connectivity index (χ1) is 13.1. The Kier molecular flexibility index (Phi) is 3.92. The molecule has 28 heavy (non-hydrogen) atoms. The lowest BCUT2D eigenvalue weighted by atomic mass is 9.86. The molecular formula is C20H16F3NO4. The van der Waals surface area contributed by atoms with Crippen LogP contribution in [0.15, 0.2) is 52.1 Å². The Morgan fingerprint density at radius 2 is 1.89 bits per heavy atom. The molecule has 0 spiro atoms. The highest BCUT2D eigenvalue weighted by molar-refractivity contribution is 5.99. The number of carbonyl (C=O) groups excluding carboxylic acids is 2. The maximum atomic E-state index is 13.0. The summed E-state index contributed by atoms with van der Waals surface area (Å²) in [5.74, 6) is -0.934. The smallest absolute Gasteiger partial charge is 0.416 e. The van der Waals surface area contributed by atoms with Gasteiger partial charge in [-0.2, -0.15) is 13.2 Å². The minimum Gasteiger partial charge on any atom is -0.460 e. The summed E-state index contributed by atoms with van der Waals surface area (Å²) in [5.41, 5.74) is -0.779. The molecule has 8 heteroatoms. The van der Waals surface area contributed by atoms with Crippen LogP contribution in [0.2, 0.25) is 0 Å². The quantitative estimate of drug-likeness (QED) is 0.781. The second-order valence-electron chi connectivity index (χ2n) is 7.27. The highest BCUT2D eigenvalue weighted by Gasteiger charge is 2.48. The fourth-order valence-corrected chi connectivity index (χ4v) is 3.56. The Hall–Kier alpha value is -3.03. The second kappa shape index (κ2) is 5.98. The summed E-state index contributed by atoms with van der Waals surface area (Å²) in [4.78, 5) is 24.5. The molecule has 2 aliphatic rings. The lowest BCUT2D eigenvalue weighted by molar-refractivity contribution is -0.145. The highest BCUT2D eigenvalue weighted by Crippen LogP contribution is 2.43. The van der Waals surface area contributed by atoms with Gasteiger partial charge in [0.2, 0.25) is 5.91 Å². The molecule has 1 N–H and O–H groups in total. The van der Waals surface area contributed by atoms with Gasteiger partial charge in [-0.1, -0.05) is 12.1 Å². The van der Waals surface area contributed by atoms with Gasteiger partial charge in [0.15, 0.2) is 0 Å². The fourth-order valence-electron chi connectivity index (χ4n) is 3.56. The van der Waals surface area contributed by atoms with E-state index in [2.05, 4.69) is 5.32 Å². The van der Waals surface area contributed by atoms with Crippen molar-refractivity contribution in [2.75, 3.05) is 0 Å². The first kappa shape index (κ1) is 18.3. The molecule has 3 heterocycles. The lowest BCUT2D eigenvalue weighted by Crippen LogP contribution is -2.38. The minimum absolute atomic E-state index is 0.0143. The van der Waals surface area contributed by atoms with Crippen LogP contribution in [0.3, 0.4) is 0 Å². The number of furan rings is 1. The summed E-state index contributed by atoms with van der Waals surface area (Å²) in [7, 11) is 0. The van der Waals surface area contributed by atoms with Crippen molar-refractivity contribution in [3.8, 4) is 11.3 Å². The molecule has 1 amide bonds. The number of amides is 1. The Morgan fingerprint density at radius 3 is 2.61 bits per heavy atom. The highest BCUT2D eigenvalue weighted by atomic mass is 19.4. The average molecular weight is 391 g/mol. The number of esters is 1. The normalized spacial score (nSPS) is 21.4. The van der Waals surface area contributed by atoms with Gasteiger partial charge in [0, 0.05) is 12.0 Å². The molecule has 146 valence electrons. The Balaban J connectivity index is 1.73. The monoisotopic (exact) mass is 391 g/mol. The molecule has 0 bridgehead atoms. The standard InChI is InChI=1S/C20H16F3NO4/c1-19(2)17-16(18(26)28-19)12(9-15(25)24-17)14-7-6-13(27-14)10-4-3-5-11(8-10)20(21,22)23/h3-8,12H,9H2,1-2H3,(H,24,25). The molecule has 0 saturated carbocycles. The van der Waals surface area contributed by atoms with E-state index < -0.39 is 29.2 Å². The summed E-state index contributed by atoms with van der Waals surface area (Å²) < 4.78 is 50.0. The van der Waals surface area contributed by atoms with Gasteiger partial charge < -0.3 is 14.5 Å². The molecule has 4 rings (SSSR count). The first-order valence-electron chi connectivity index (χ1n) is 8.61. The number of ether oxygens (including phenoxy) is 1. The van der Waals surface area contributed by atoms with E-state index >= 15 is 0 Å². The van der Waals surface area contributed by atoms with Gasteiger partial charge in [0.1, 0.15) is 17.1 Å². The molecule has 1 atom stereocenters. The third-order valence-electron chi connectivity index (χ3n) is 4.89. The van der Waals surface area contributed by atoms with Crippen molar-refractivity contribution in [2.24, 2.45) is 0 Å². The van der Waals surface area contributed by atoms with Gasteiger partial charge in [0.05, 0.1) is 22.8 Å². The number of cyclic esters (lactones) is 1. The Labute approximate surface area is 158 Å². The van der Waals surface area contributed by atoms with Crippen LogP contribution in [-0.4, -0.2) is 17.5 Å². The SMILES string of the molecule is CC1(C)OC(=O)C2=C1NC(=O)CC2c1ccc(-c2cccc(C(F)(F)F)c2)o1. The van der Waals surface area contributed by atoms with Crippen LogP contribution in [0.25, 0.3) is 11.3 Å². The summed E-state index contributed by atoms with van der Waals surface area (Å²) in [6, 6.07) is 7.88. The van der Waals surface area contributed by atoms with E-state index in [1.165, 1.54) is 18.2 Å². The van der Waals surface area contributed by atoms with Crippen LogP contribution in [0, 0.1) is 0 Å². The van der Waals surface area contributed by atoms with Crippen LogP contribution < -0.4 is 5.32 Å². The van der Waals surface area contributed by atoms with E-state index in [1.807, 2.05) is 0 Å².